The van der Waals surface area contributed by atoms with Gasteiger partial charge in [0.25, 0.3) is 0 Å². The quantitative estimate of drug-likeness (QED) is 0.545. The number of methoxy groups -OCH3 is 1. The van der Waals surface area contributed by atoms with Gasteiger partial charge in [-0.3, -0.25) is 0 Å². The van der Waals surface area contributed by atoms with Crippen LogP contribution in [0.15, 0.2) is 0 Å². The molecule has 1 aliphatic rings. The average Bonchev–Trinajstić information content (AvgIpc) is 2.89. The minimum absolute atomic E-state index is 0.233. The highest BCUT2D eigenvalue weighted by molar-refractivity contribution is 4.75. The molecule has 0 heterocycles. The monoisotopic (exact) mass is 172 g/mol. The number of hydrogen-bond donors (Lipinski definition) is 2. The Kier molecular flexibility index (Phi) is 4.58. The lowest BCUT2D eigenvalue weighted by Crippen LogP contribution is -2.28. The Morgan fingerprint density at radius 3 is 2.83 bits per heavy atom. The van der Waals surface area contributed by atoms with E-state index in [0.717, 1.165) is 18.9 Å². The third-order valence-electron chi connectivity index (χ3n) is 2.37. The van der Waals surface area contributed by atoms with Crippen molar-refractivity contribution in [2.45, 2.75) is 25.4 Å². The van der Waals surface area contributed by atoms with Crippen molar-refractivity contribution < 1.29 is 4.74 Å². The van der Waals surface area contributed by atoms with Crippen molar-refractivity contribution in [2.24, 2.45) is 11.7 Å². The maximum atomic E-state index is 5.48. The van der Waals surface area contributed by atoms with Crippen LogP contribution >= 0.6 is 0 Å². The molecule has 0 aromatic rings. The predicted molar refractivity (Wildman–Crippen MR) is 50.1 cm³/mol. The smallest absolute Gasteiger partial charge is 0.0705 e. The highest BCUT2D eigenvalue weighted by atomic mass is 16.5. The second-order valence-electron chi connectivity index (χ2n) is 3.53. The number of ether oxygens (including phenoxy) is 1. The summed E-state index contributed by atoms with van der Waals surface area (Å²) in [5.41, 5.74) is 5.48. The van der Waals surface area contributed by atoms with Gasteiger partial charge in [0.2, 0.25) is 0 Å². The van der Waals surface area contributed by atoms with Crippen LogP contribution in [0, 0.1) is 5.92 Å². The van der Waals surface area contributed by atoms with Gasteiger partial charge in [-0.1, -0.05) is 0 Å². The predicted octanol–water partition coefficient (Wildman–Crippen LogP) is 0.350. The van der Waals surface area contributed by atoms with Crippen LogP contribution < -0.4 is 11.1 Å². The summed E-state index contributed by atoms with van der Waals surface area (Å²) in [7, 11) is 1.72. The third-order valence-corrected chi connectivity index (χ3v) is 2.37. The Balaban J connectivity index is 1.85. The van der Waals surface area contributed by atoms with Crippen LogP contribution in [0.1, 0.15) is 19.3 Å². The van der Waals surface area contributed by atoms with Crippen LogP contribution in [0.5, 0.6) is 0 Å². The summed E-state index contributed by atoms with van der Waals surface area (Å²) in [6, 6.07) is 0. The van der Waals surface area contributed by atoms with Crippen LogP contribution in [-0.2, 0) is 4.74 Å². The average molecular weight is 172 g/mol. The van der Waals surface area contributed by atoms with Gasteiger partial charge in [-0.2, -0.15) is 0 Å². The van der Waals surface area contributed by atoms with E-state index in [1.807, 2.05) is 0 Å². The molecule has 0 spiro atoms. The molecule has 0 amide bonds. The van der Waals surface area contributed by atoms with Crippen LogP contribution in [0.25, 0.3) is 0 Å². The van der Waals surface area contributed by atoms with Crippen molar-refractivity contribution in [3.05, 3.63) is 0 Å². The van der Waals surface area contributed by atoms with Gasteiger partial charge < -0.3 is 15.8 Å². The van der Waals surface area contributed by atoms with E-state index in [1.165, 1.54) is 19.4 Å². The molecule has 0 bridgehead atoms. The summed E-state index contributed by atoms with van der Waals surface area (Å²) in [6.07, 6.45) is 4.09. The Morgan fingerprint density at radius 2 is 2.33 bits per heavy atom. The number of hydrogen-bond acceptors (Lipinski definition) is 3. The van der Waals surface area contributed by atoms with Crippen LogP contribution in [0.4, 0.5) is 0 Å². The first-order valence-electron chi connectivity index (χ1n) is 4.80. The van der Waals surface area contributed by atoms with E-state index in [2.05, 4.69) is 5.32 Å². The Morgan fingerprint density at radius 1 is 1.58 bits per heavy atom. The molecular formula is C9H20N2O. The molecule has 3 heteroatoms. The van der Waals surface area contributed by atoms with Gasteiger partial charge >= 0.3 is 0 Å². The molecule has 3 nitrogen and oxygen atoms in total. The van der Waals surface area contributed by atoms with E-state index in [1.54, 1.807) is 7.11 Å². The van der Waals surface area contributed by atoms with Gasteiger partial charge in [-0.25, -0.2) is 0 Å². The molecule has 1 rings (SSSR count). The Labute approximate surface area is 74.7 Å². The van der Waals surface area contributed by atoms with Crippen molar-refractivity contribution >= 4 is 0 Å². The molecule has 0 saturated heterocycles. The van der Waals surface area contributed by atoms with Crippen LogP contribution in [-0.4, -0.2) is 32.8 Å². The summed E-state index contributed by atoms with van der Waals surface area (Å²) >= 11 is 0. The minimum atomic E-state index is 0.233. The summed E-state index contributed by atoms with van der Waals surface area (Å²) in [4.78, 5) is 0. The topological polar surface area (TPSA) is 47.3 Å². The fourth-order valence-corrected chi connectivity index (χ4v) is 1.22. The lowest BCUT2D eigenvalue weighted by Gasteiger charge is -2.12. The van der Waals surface area contributed by atoms with Crippen molar-refractivity contribution in [1.29, 1.82) is 0 Å². The lowest BCUT2D eigenvalue weighted by atomic mass is 10.2. The van der Waals surface area contributed by atoms with Gasteiger partial charge in [0.05, 0.1) is 6.10 Å². The summed E-state index contributed by atoms with van der Waals surface area (Å²) in [5, 5.41) is 3.41. The maximum absolute atomic E-state index is 5.48. The van der Waals surface area contributed by atoms with Crippen molar-refractivity contribution in [3.8, 4) is 0 Å². The van der Waals surface area contributed by atoms with Crippen molar-refractivity contribution in [2.75, 3.05) is 26.7 Å². The van der Waals surface area contributed by atoms with E-state index in [4.69, 9.17) is 10.5 Å². The molecule has 1 saturated carbocycles. The summed E-state index contributed by atoms with van der Waals surface area (Å²) in [5.74, 6) is 0.962. The molecule has 1 fully saturated rings. The molecule has 3 N–H and O–H groups in total. The molecule has 1 unspecified atom stereocenters. The zero-order valence-corrected chi connectivity index (χ0v) is 7.88. The van der Waals surface area contributed by atoms with Gasteiger partial charge in [-0.15, -0.1) is 0 Å². The zero-order chi connectivity index (χ0) is 8.81. The maximum Gasteiger partial charge on any atom is 0.0705 e. The first-order chi connectivity index (χ1) is 5.86. The Bertz CT molecular complexity index is 111. The van der Waals surface area contributed by atoms with Gasteiger partial charge in [0.15, 0.2) is 0 Å². The normalized spacial score (nSPS) is 19.5. The van der Waals surface area contributed by atoms with Crippen molar-refractivity contribution in [1.82, 2.24) is 5.32 Å². The van der Waals surface area contributed by atoms with E-state index in [-0.39, 0.29) is 6.10 Å². The van der Waals surface area contributed by atoms with Gasteiger partial charge in [-0.05, 0) is 38.3 Å². The molecule has 0 aromatic heterocycles. The number of nitrogens with two attached hydrogens (primary N) is 1. The van der Waals surface area contributed by atoms with E-state index >= 15 is 0 Å². The third kappa shape index (κ3) is 4.04. The fourth-order valence-electron chi connectivity index (χ4n) is 1.22. The lowest BCUT2D eigenvalue weighted by molar-refractivity contribution is 0.102. The Hall–Kier alpha value is -0.120. The molecule has 1 atom stereocenters. The molecular weight excluding hydrogens is 152 g/mol. The van der Waals surface area contributed by atoms with Gasteiger partial charge in [0, 0.05) is 13.7 Å². The highest BCUT2D eigenvalue weighted by Gasteiger charge is 2.20. The molecule has 0 aliphatic heterocycles. The van der Waals surface area contributed by atoms with Gasteiger partial charge in [0.1, 0.15) is 0 Å². The summed E-state index contributed by atoms with van der Waals surface area (Å²) < 4.78 is 5.16. The van der Waals surface area contributed by atoms with Crippen molar-refractivity contribution in [3.63, 3.8) is 0 Å². The van der Waals surface area contributed by atoms with Crippen LogP contribution in [0.3, 0.4) is 0 Å². The van der Waals surface area contributed by atoms with Crippen LogP contribution in [0.2, 0.25) is 0 Å². The highest BCUT2D eigenvalue weighted by Crippen LogP contribution is 2.27. The molecule has 0 aromatic carbocycles. The molecule has 1 aliphatic carbocycles. The van der Waals surface area contributed by atoms with E-state index in [0.29, 0.717) is 6.54 Å². The summed E-state index contributed by atoms with van der Waals surface area (Å²) in [6.45, 7) is 2.84. The standard InChI is InChI=1S/C9H20N2O/c1-12-9(6-10)4-5-11-7-8-2-3-8/h8-9,11H,2-7,10H2,1H3. The van der Waals surface area contributed by atoms with E-state index in [9.17, 15) is 0 Å². The minimum Gasteiger partial charge on any atom is -0.380 e. The second-order valence-corrected chi connectivity index (χ2v) is 3.53. The van der Waals surface area contributed by atoms with E-state index < -0.39 is 0 Å². The SMILES string of the molecule is COC(CN)CCNCC1CC1. The first-order valence-corrected chi connectivity index (χ1v) is 4.80. The number of rotatable bonds is 7. The second kappa shape index (κ2) is 5.51. The zero-order valence-electron chi connectivity index (χ0n) is 7.88. The molecule has 72 valence electrons. The largest absolute Gasteiger partial charge is 0.380 e. The first kappa shape index (κ1) is 9.96. The molecule has 12 heavy (non-hydrogen) atoms. The molecule has 0 radical (unpaired) electrons. The number of nitrogens with one attached hydrogen (secondary N) is 1. The fraction of sp³-hybridized carbons (Fsp3) is 1.00.